The molecule has 0 aliphatic rings. The van der Waals surface area contributed by atoms with E-state index in [0.717, 1.165) is 5.56 Å². The third-order valence-electron chi connectivity index (χ3n) is 0.991. The quantitative estimate of drug-likeness (QED) is 0.587. The average Bonchev–Trinajstić information content (AvgIpc) is 1.80. The summed E-state index contributed by atoms with van der Waals surface area (Å²) in [6, 6.07) is 5.78. The van der Waals surface area contributed by atoms with Crippen LogP contribution in [0.2, 0.25) is 0 Å². The smallest absolute Gasteiger partial charge is 0.145 e. The molecule has 1 rings (SSSR count). The number of hydrogen-bond donors (Lipinski definition) is 0. The van der Waals surface area contributed by atoms with Gasteiger partial charge in [-0.05, 0) is 40.5 Å². The Bertz CT molecular complexity index is 220. The molecule has 1 aromatic carbocycles. The first-order valence-electron chi connectivity index (χ1n) is 2.53. The van der Waals surface area contributed by atoms with Gasteiger partial charge in [0, 0.05) is 6.07 Å². The SMILES string of the molecule is Cc1c[c]c(F)c(Br)c1. The van der Waals surface area contributed by atoms with Crippen molar-refractivity contribution < 1.29 is 4.39 Å². The first kappa shape index (κ1) is 6.75. The fourth-order valence-corrected chi connectivity index (χ4v) is 1.03. The predicted molar refractivity (Wildman–Crippen MR) is 37.7 cm³/mol. The lowest BCUT2D eigenvalue weighted by Crippen LogP contribution is -1.77. The molecular formula is C7H5BrF. The van der Waals surface area contributed by atoms with E-state index in [9.17, 15) is 4.39 Å². The van der Waals surface area contributed by atoms with Crippen LogP contribution in [-0.2, 0) is 0 Å². The van der Waals surface area contributed by atoms with Gasteiger partial charge in [0.05, 0.1) is 4.47 Å². The van der Waals surface area contributed by atoms with Gasteiger partial charge in [-0.2, -0.15) is 0 Å². The van der Waals surface area contributed by atoms with Gasteiger partial charge in [0.1, 0.15) is 5.82 Å². The van der Waals surface area contributed by atoms with Crippen molar-refractivity contribution in [2.24, 2.45) is 0 Å². The lowest BCUT2D eigenvalue weighted by Gasteiger charge is -1.92. The summed E-state index contributed by atoms with van der Waals surface area (Å²) in [6.07, 6.45) is 0. The molecule has 0 saturated heterocycles. The van der Waals surface area contributed by atoms with Crippen LogP contribution in [0.25, 0.3) is 0 Å². The molecule has 0 aliphatic heterocycles. The molecule has 1 radical (unpaired) electrons. The van der Waals surface area contributed by atoms with E-state index in [0.29, 0.717) is 4.47 Å². The molecule has 0 aliphatic carbocycles. The van der Waals surface area contributed by atoms with Gasteiger partial charge in [0.25, 0.3) is 0 Å². The van der Waals surface area contributed by atoms with Crippen molar-refractivity contribution in [2.75, 3.05) is 0 Å². The Morgan fingerprint density at radius 2 is 2.33 bits per heavy atom. The highest BCUT2D eigenvalue weighted by Gasteiger charge is 1.95. The van der Waals surface area contributed by atoms with Crippen LogP contribution in [-0.4, -0.2) is 0 Å². The van der Waals surface area contributed by atoms with Crippen LogP contribution in [0, 0.1) is 18.8 Å². The van der Waals surface area contributed by atoms with Crippen LogP contribution in [0.1, 0.15) is 5.56 Å². The van der Waals surface area contributed by atoms with Crippen molar-refractivity contribution in [1.29, 1.82) is 0 Å². The Balaban J connectivity index is 3.17. The first-order valence-corrected chi connectivity index (χ1v) is 3.33. The fourth-order valence-electron chi connectivity index (χ4n) is 0.551. The zero-order valence-corrected chi connectivity index (χ0v) is 6.50. The van der Waals surface area contributed by atoms with E-state index in [1.54, 1.807) is 12.1 Å². The molecule has 1 aromatic rings. The van der Waals surface area contributed by atoms with Gasteiger partial charge >= 0.3 is 0 Å². The standard InChI is InChI=1S/C7H5BrF/c1-5-2-3-7(9)6(8)4-5/h2,4H,1H3. The van der Waals surface area contributed by atoms with Gasteiger partial charge in [0.15, 0.2) is 0 Å². The van der Waals surface area contributed by atoms with E-state index >= 15 is 0 Å². The zero-order valence-electron chi connectivity index (χ0n) is 4.91. The fraction of sp³-hybridized carbons (Fsp3) is 0.143. The highest BCUT2D eigenvalue weighted by Crippen LogP contribution is 2.15. The minimum Gasteiger partial charge on any atom is -0.205 e. The molecule has 0 bridgehead atoms. The van der Waals surface area contributed by atoms with Crippen LogP contribution in [0.4, 0.5) is 4.39 Å². The lowest BCUT2D eigenvalue weighted by molar-refractivity contribution is 0.618. The van der Waals surface area contributed by atoms with Gasteiger partial charge in [-0.15, -0.1) is 0 Å². The average molecular weight is 188 g/mol. The van der Waals surface area contributed by atoms with E-state index in [1.807, 2.05) is 6.92 Å². The van der Waals surface area contributed by atoms with Crippen molar-refractivity contribution in [3.8, 4) is 0 Å². The zero-order chi connectivity index (χ0) is 6.85. The number of rotatable bonds is 0. The Kier molecular flexibility index (Phi) is 1.86. The molecule has 0 saturated carbocycles. The summed E-state index contributed by atoms with van der Waals surface area (Å²) in [5.74, 6) is -0.333. The molecule has 0 heterocycles. The maximum Gasteiger partial charge on any atom is 0.145 e. The molecule has 2 heteroatoms. The number of hydrogen-bond acceptors (Lipinski definition) is 0. The molecule has 0 atom stereocenters. The molecular weight excluding hydrogens is 183 g/mol. The maximum atomic E-state index is 12.4. The third-order valence-corrected chi connectivity index (χ3v) is 1.57. The van der Waals surface area contributed by atoms with E-state index in [4.69, 9.17) is 0 Å². The molecule has 0 N–H and O–H groups in total. The number of benzene rings is 1. The van der Waals surface area contributed by atoms with Crippen LogP contribution in [0.15, 0.2) is 16.6 Å². The first-order chi connectivity index (χ1) is 4.20. The summed E-state index contributed by atoms with van der Waals surface area (Å²) in [6.45, 7) is 1.89. The van der Waals surface area contributed by atoms with E-state index in [-0.39, 0.29) is 5.82 Å². The van der Waals surface area contributed by atoms with Gasteiger partial charge in [-0.25, -0.2) is 4.39 Å². The van der Waals surface area contributed by atoms with Crippen LogP contribution in [0.5, 0.6) is 0 Å². The van der Waals surface area contributed by atoms with Crippen molar-refractivity contribution in [3.05, 3.63) is 34.1 Å². The van der Waals surface area contributed by atoms with Crippen molar-refractivity contribution in [2.45, 2.75) is 6.92 Å². The molecule has 0 amide bonds. The summed E-state index contributed by atoms with van der Waals surface area (Å²) in [5, 5.41) is 0. The summed E-state index contributed by atoms with van der Waals surface area (Å²) in [7, 11) is 0. The van der Waals surface area contributed by atoms with Crippen molar-refractivity contribution >= 4 is 15.9 Å². The van der Waals surface area contributed by atoms with Crippen molar-refractivity contribution in [1.82, 2.24) is 0 Å². The van der Waals surface area contributed by atoms with Gasteiger partial charge < -0.3 is 0 Å². The van der Waals surface area contributed by atoms with E-state index in [1.165, 1.54) is 0 Å². The molecule has 9 heavy (non-hydrogen) atoms. The highest BCUT2D eigenvalue weighted by molar-refractivity contribution is 9.10. The van der Waals surface area contributed by atoms with Gasteiger partial charge in [0.2, 0.25) is 0 Å². The second-order valence-corrected chi connectivity index (χ2v) is 2.69. The second kappa shape index (κ2) is 2.48. The van der Waals surface area contributed by atoms with Crippen LogP contribution < -0.4 is 0 Å². The lowest BCUT2D eigenvalue weighted by atomic mass is 10.2. The molecule has 0 nitrogen and oxygen atoms in total. The third kappa shape index (κ3) is 1.52. The van der Waals surface area contributed by atoms with E-state index in [2.05, 4.69) is 22.0 Å². The monoisotopic (exact) mass is 187 g/mol. The summed E-state index contributed by atoms with van der Waals surface area (Å²) in [5.41, 5.74) is 1.00. The van der Waals surface area contributed by atoms with E-state index < -0.39 is 0 Å². The van der Waals surface area contributed by atoms with Gasteiger partial charge in [-0.3, -0.25) is 0 Å². The number of halogens is 2. The summed E-state index contributed by atoms with van der Waals surface area (Å²) in [4.78, 5) is 0. The normalized spacial score (nSPS) is 9.67. The summed E-state index contributed by atoms with van der Waals surface area (Å²) >= 11 is 3.04. The molecule has 0 unspecified atom stereocenters. The summed E-state index contributed by atoms with van der Waals surface area (Å²) < 4.78 is 12.9. The maximum absolute atomic E-state index is 12.4. The second-order valence-electron chi connectivity index (χ2n) is 1.84. The van der Waals surface area contributed by atoms with Crippen LogP contribution >= 0.6 is 15.9 Å². The topological polar surface area (TPSA) is 0 Å². The Hall–Kier alpha value is -0.370. The molecule has 0 aromatic heterocycles. The Morgan fingerprint density at radius 1 is 1.67 bits per heavy atom. The number of aryl methyl sites for hydroxylation is 1. The minimum absolute atomic E-state index is 0.333. The van der Waals surface area contributed by atoms with Crippen LogP contribution in [0.3, 0.4) is 0 Å². The Morgan fingerprint density at radius 3 is 2.78 bits per heavy atom. The molecule has 0 fully saturated rings. The highest BCUT2D eigenvalue weighted by atomic mass is 79.9. The Labute approximate surface area is 61.8 Å². The molecule has 0 spiro atoms. The minimum atomic E-state index is -0.333. The molecule has 47 valence electrons. The predicted octanol–water partition coefficient (Wildman–Crippen LogP) is 2.70. The van der Waals surface area contributed by atoms with Gasteiger partial charge in [-0.1, -0.05) is 0 Å². The van der Waals surface area contributed by atoms with Crippen molar-refractivity contribution in [3.63, 3.8) is 0 Å². The largest absolute Gasteiger partial charge is 0.205 e.